The molecule has 1 amide bonds. The number of halogens is 1. The maximum absolute atomic E-state index is 13.3. The molecule has 0 fully saturated rings. The van der Waals surface area contributed by atoms with Crippen LogP contribution >= 0.6 is 0 Å². The molecular weight excluding hydrogens is 399 g/mol. The minimum atomic E-state index is -4.06. The van der Waals surface area contributed by atoms with E-state index in [1.165, 1.54) is 60.7 Å². The van der Waals surface area contributed by atoms with E-state index in [0.717, 1.165) is 12.1 Å². The highest BCUT2D eigenvalue weighted by Gasteiger charge is 2.17. The van der Waals surface area contributed by atoms with Crippen molar-refractivity contribution < 1.29 is 27.5 Å². The maximum Gasteiger partial charge on any atom is 0.261 e. The second kappa shape index (κ2) is 8.11. The second-order valence-corrected chi connectivity index (χ2v) is 7.65. The van der Waals surface area contributed by atoms with E-state index in [1.807, 2.05) is 0 Å². The van der Waals surface area contributed by atoms with E-state index in [2.05, 4.69) is 10.0 Å². The topological polar surface area (TPSA) is 115 Å². The smallest absolute Gasteiger partial charge is 0.261 e. The quantitative estimate of drug-likeness (QED) is 0.643. The number of carbonyl (C=O) groups excluding carboxylic acids is 2. The van der Waals surface area contributed by atoms with Crippen LogP contribution in [0.4, 0.5) is 15.8 Å². The molecule has 3 aromatic carbocycles. The van der Waals surface area contributed by atoms with E-state index in [4.69, 9.17) is 0 Å². The Hall–Kier alpha value is -3.72. The fourth-order valence-corrected chi connectivity index (χ4v) is 3.59. The maximum atomic E-state index is 13.3. The van der Waals surface area contributed by atoms with Gasteiger partial charge in [0.25, 0.3) is 15.9 Å². The number of benzene rings is 3. The molecule has 0 bridgehead atoms. The summed E-state index contributed by atoms with van der Waals surface area (Å²) in [7, 11) is -4.06. The number of carboxylic acids is 1. The molecule has 0 heterocycles. The number of carboxylic acid groups (broad SMARTS) is 1. The zero-order valence-electron chi connectivity index (χ0n) is 14.8. The van der Waals surface area contributed by atoms with Crippen LogP contribution in [0.2, 0.25) is 0 Å². The Morgan fingerprint density at radius 2 is 1.48 bits per heavy atom. The highest BCUT2D eigenvalue weighted by Crippen LogP contribution is 2.19. The van der Waals surface area contributed by atoms with Gasteiger partial charge in [0.1, 0.15) is 5.82 Å². The molecule has 0 aliphatic carbocycles. The lowest BCUT2D eigenvalue weighted by atomic mass is 10.2. The third kappa shape index (κ3) is 4.96. The van der Waals surface area contributed by atoms with Crippen molar-refractivity contribution in [3.63, 3.8) is 0 Å². The second-order valence-electron chi connectivity index (χ2n) is 5.97. The molecule has 0 atom stereocenters. The van der Waals surface area contributed by atoms with Crippen molar-refractivity contribution in [2.24, 2.45) is 0 Å². The fraction of sp³-hybridized carbons (Fsp3) is 0. The predicted molar refractivity (Wildman–Crippen MR) is 102 cm³/mol. The first-order chi connectivity index (χ1) is 13.7. The average Bonchev–Trinajstić information content (AvgIpc) is 2.68. The molecule has 3 aromatic rings. The van der Waals surface area contributed by atoms with Gasteiger partial charge in [0.2, 0.25) is 0 Å². The molecule has 3 rings (SSSR count). The summed E-state index contributed by atoms with van der Waals surface area (Å²) in [6, 6.07) is 15.6. The first-order valence-corrected chi connectivity index (χ1v) is 9.74. The van der Waals surface area contributed by atoms with Gasteiger partial charge in [0.05, 0.1) is 16.6 Å². The lowest BCUT2D eigenvalue weighted by Crippen LogP contribution is -2.22. The molecule has 0 radical (unpaired) electrons. The van der Waals surface area contributed by atoms with Crippen LogP contribution in [-0.2, 0) is 10.0 Å². The molecular formula is C20H14FN2O5S-. The summed E-state index contributed by atoms with van der Waals surface area (Å²) >= 11 is 0. The van der Waals surface area contributed by atoms with Gasteiger partial charge in [-0.25, -0.2) is 12.8 Å². The first-order valence-electron chi connectivity index (χ1n) is 8.26. The molecule has 0 spiro atoms. The number of sulfonamides is 1. The first kappa shape index (κ1) is 20.0. The van der Waals surface area contributed by atoms with E-state index in [9.17, 15) is 27.5 Å². The van der Waals surface area contributed by atoms with Crippen molar-refractivity contribution in [2.75, 3.05) is 10.0 Å². The highest BCUT2D eigenvalue weighted by atomic mass is 32.2. The number of nitrogens with one attached hydrogen (secondary N) is 2. The van der Waals surface area contributed by atoms with Crippen molar-refractivity contribution in [2.45, 2.75) is 4.90 Å². The van der Waals surface area contributed by atoms with Crippen LogP contribution in [0.25, 0.3) is 0 Å². The zero-order chi connectivity index (χ0) is 21.0. The summed E-state index contributed by atoms with van der Waals surface area (Å²) in [6.45, 7) is 0. The summed E-state index contributed by atoms with van der Waals surface area (Å²) in [6.07, 6.45) is 0. The van der Waals surface area contributed by atoms with Gasteiger partial charge >= 0.3 is 0 Å². The van der Waals surface area contributed by atoms with Crippen molar-refractivity contribution in [1.29, 1.82) is 0 Å². The third-order valence-corrected chi connectivity index (χ3v) is 5.22. The van der Waals surface area contributed by atoms with E-state index in [0.29, 0.717) is 0 Å². The largest absolute Gasteiger partial charge is 0.545 e. The van der Waals surface area contributed by atoms with Crippen molar-refractivity contribution in [1.82, 2.24) is 0 Å². The number of rotatable bonds is 6. The molecule has 2 N–H and O–H groups in total. The van der Waals surface area contributed by atoms with Crippen molar-refractivity contribution in [3.05, 3.63) is 89.7 Å². The molecule has 9 heteroatoms. The Balaban J connectivity index is 1.82. The monoisotopic (exact) mass is 413 g/mol. The summed E-state index contributed by atoms with van der Waals surface area (Å²) < 4.78 is 40.6. The Morgan fingerprint density at radius 1 is 0.828 bits per heavy atom. The minimum Gasteiger partial charge on any atom is -0.545 e. The summed E-state index contributed by atoms with van der Waals surface area (Å²) in [5, 5.41) is 13.4. The third-order valence-electron chi connectivity index (χ3n) is 3.84. The zero-order valence-corrected chi connectivity index (χ0v) is 15.6. The number of anilines is 2. The molecule has 0 aromatic heterocycles. The van der Waals surface area contributed by atoms with Gasteiger partial charge in [-0.15, -0.1) is 0 Å². The Bertz CT molecular complexity index is 1190. The Labute approximate surface area is 165 Å². The van der Waals surface area contributed by atoms with Crippen molar-refractivity contribution >= 4 is 33.3 Å². The molecule has 0 aliphatic rings. The van der Waals surface area contributed by atoms with Gasteiger partial charge in [-0.3, -0.25) is 9.52 Å². The van der Waals surface area contributed by atoms with Crippen LogP contribution in [0.5, 0.6) is 0 Å². The number of carbonyl (C=O) groups is 2. The minimum absolute atomic E-state index is 0.0333. The molecule has 0 aliphatic heterocycles. The molecule has 0 saturated carbocycles. The van der Waals surface area contributed by atoms with Crippen LogP contribution in [0.3, 0.4) is 0 Å². The van der Waals surface area contributed by atoms with Crippen LogP contribution in [-0.4, -0.2) is 20.3 Å². The summed E-state index contributed by atoms with van der Waals surface area (Å²) in [4.78, 5) is 23.2. The molecule has 29 heavy (non-hydrogen) atoms. The SMILES string of the molecule is O=C([O-])c1cccc(NC(=O)c2cccc(S(=O)(=O)Nc3cccc(F)c3)c2)c1. The molecule has 7 nitrogen and oxygen atoms in total. The number of aromatic carboxylic acids is 1. The molecule has 0 unspecified atom stereocenters. The normalized spacial score (nSPS) is 10.9. The lowest BCUT2D eigenvalue weighted by Gasteiger charge is -2.11. The number of amides is 1. The van der Waals surface area contributed by atoms with Gasteiger partial charge in [0, 0.05) is 11.3 Å². The van der Waals surface area contributed by atoms with E-state index in [-0.39, 0.29) is 27.4 Å². The van der Waals surface area contributed by atoms with Crippen molar-refractivity contribution in [3.8, 4) is 0 Å². The van der Waals surface area contributed by atoms with Crippen LogP contribution in [0.1, 0.15) is 20.7 Å². The molecule has 0 saturated heterocycles. The Morgan fingerprint density at radius 3 is 2.21 bits per heavy atom. The van der Waals surface area contributed by atoms with E-state index in [1.54, 1.807) is 0 Å². The summed E-state index contributed by atoms with van der Waals surface area (Å²) in [5.41, 5.74) is 0.172. The standard InChI is InChI=1S/C20H15FN2O5S/c21-15-6-3-8-17(12-15)23-29(27,28)18-9-2-4-13(11-18)19(24)22-16-7-1-5-14(10-16)20(25)26/h1-12,23H,(H,22,24)(H,25,26)/p-1. The Kier molecular flexibility index (Phi) is 5.60. The van der Waals surface area contributed by atoms with Gasteiger partial charge in [-0.2, -0.15) is 0 Å². The average molecular weight is 413 g/mol. The van der Waals surface area contributed by atoms with Crippen LogP contribution in [0.15, 0.2) is 77.7 Å². The van der Waals surface area contributed by atoms with E-state index >= 15 is 0 Å². The number of hydrogen-bond acceptors (Lipinski definition) is 5. The van der Waals surface area contributed by atoms with Crippen LogP contribution < -0.4 is 15.1 Å². The fourth-order valence-electron chi connectivity index (χ4n) is 2.50. The molecule has 148 valence electrons. The van der Waals surface area contributed by atoms with Gasteiger partial charge in [-0.1, -0.05) is 24.3 Å². The van der Waals surface area contributed by atoms with E-state index < -0.39 is 27.7 Å². The summed E-state index contributed by atoms with van der Waals surface area (Å²) in [5.74, 6) is -2.63. The highest BCUT2D eigenvalue weighted by molar-refractivity contribution is 7.92. The lowest BCUT2D eigenvalue weighted by molar-refractivity contribution is -0.255. The van der Waals surface area contributed by atoms with Crippen LogP contribution in [0, 0.1) is 5.82 Å². The van der Waals surface area contributed by atoms with Gasteiger partial charge in [0.15, 0.2) is 0 Å². The number of hydrogen-bond donors (Lipinski definition) is 2. The van der Waals surface area contributed by atoms with Gasteiger partial charge in [-0.05, 0) is 54.1 Å². The van der Waals surface area contributed by atoms with Gasteiger partial charge < -0.3 is 15.2 Å². The predicted octanol–water partition coefficient (Wildman–Crippen LogP) is 2.24.